The molecule has 1 unspecified atom stereocenters. The van der Waals surface area contributed by atoms with Crippen LogP contribution in [0.15, 0.2) is 12.7 Å². The summed E-state index contributed by atoms with van der Waals surface area (Å²) in [7, 11) is 0. The van der Waals surface area contributed by atoms with Crippen molar-refractivity contribution < 1.29 is 4.79 Å². The molecule has 0 saturated carbocycles. The maximum absolute atomic E-state index is 11.8. The molecule has 1 N–H and O–H groups in total. The molecular weight excluding hydrogens is 188 g/mol. The summed E-state index contributed by atoms with van der Waals surface area (Å²) in [5.41, 5.74) is 0. The molecule has 0 bridgehead atoms. The van der Waals surface area contributed by atoms with E-state index in [0.29, 0.717) is 18.9 Å². The highest BCUT2D eigenvalue weighted by molar-refractivity contribution is 5.76. The zero-order valence-corrected chi connectivity index (χ0v) is 9.67. The van der Waals surface area contributed by atoms with Crippen molar-refractivity contribution in [2.24, 2.45) is 5.92 Å². The number of amides is 1. The Morgan fingerprint density at radius 2 is 2.47 bits per heavy atom. The summed E-state index contributed by atoms with van der Waals surface area (Å²) in [6, 6.07) is 0. The van der Waals surface area contributed by atoms with Crippen LogP contribution in [0.1, 0.15) is 26.2 Å². The quantitative estimate of drug-likeness (QED) is 0.672. The Morgan fingerprint density at radius 1 is 1.67 bits per heavy atom. The first kappa shape index (κ1) is 12.2. The summed E-state index contributed by atoms with van der Waals surface area (Å²) in [5.74, 6) is 0.973. The third-order valence-electron chi connectivity index (χ3n) is 3.01. The van der Waals surface area contributed by atoms with Gasteiger partial charge < -0.3 is 10.2 Å². The summed E-state index contributed by atoms with van der Waals surface area (Å²) in [6.45, 7) is 9.34. The molecule has 1 saturated heterocycles. The standard InChI is InChI=1S/C12H22N2O/c1-3-9-14(4-2)12(15)6-5-11-7-8-13-10-11/h3,11,13H,1,4-10H2,2H3. The van der Waals surface area contributed by atoms with Crippen molar-refractivity contribution in [2.75, 3.05) is 26.2 Å². The Kier molecular flexibility index (Phi) is 5.40. The Hall–Kier alpha value is -0.830. The number of carbonyl (C=O) groups excluding carboxylic acids is 1. The summed E-state index contributed by atoms with van der Waals surface area (Å²) < 4.78 is 0. The fourth-order valence-corrected chi connectivity index (χ4v) is 2.01. The van der Waals surface area contributed by atoms with Crippen molar-refractivity contribution in [3.05, 3.63) is 12.7 Å². The average Bonchev–Trinajstić information content (AvgIpc) is 2.75. The second-order valence-corrected chi connectivity index (χ2v) is 4.12. The molecule has 15 heavy (non-hydrogen) atoms. The van der Waals surface area contributed by atoms with Crippen LogP contribution in [0, 0.1) is 5.92 Å². The first-order chi connectivity index (χ1) is 7.27. The molecule has 0 radical (unpaired) electrons. The number of rotatable bonds is 6. The van der Waals surface area contributed by atoms with Crippen molar-refractivity contribution in [1.29, 1.82) is 0 Å². The minimum Gasteiger partial charge on any atom is -0.339 e. The van der Waals surface area contributed by atoms with Crippen molar-refractivity contribution >= 4 is 5.91 Å². The maximum atomic E-state index is 11.8. The van der Waals surface area contributed by atoms with Gasteiger partial charge in [0, 0.05) is 19.5 Å². The van der Waals surface area contributed by atoms with Crippen molar-refractivity contribution in [3.63, 3.8) is 0 Å². The third-order valence-corrected chi connectivity index (χ3v) is 3.01. The van der Waals surface area contributed by atoms with E-state index in [2.05, 4.69) is 11.9 Å². The normalized spacial score (nSPS) is 20.2. The highest BCUT2D eigenvalue weighted by atomic mass is 16.2. The minimum absolute atomic E-state index is 0.268. The molecule has 1 atom stereocenters. The lowest BCUT2D eigenvalue weighted by Crippen LogP contribution is -2.31. The molecule has 1 aliphatic rings. The summed E-state index contributed by atoms with van der Waals surface area (Å²) in [4.78, 5) is 13.6. The van der Waals surface area contributed by atoms with E-state index in [1.165, 1.54) is 6.42 Å². The third kappa shape index (κ3) is 4.04. The molecule has 0 spiro atoms. The molecule has 1 fully saturated rings. The van der Waals surface area contributed by atoms with Crippen LogP contribution in [0.2, 0.25) is 0 Å². The molecule has 3 nitrogen and oxygen atoms in total. The lowest BCUT2D eigenvalue weighted by molar-refractivity contribution is -0.130. The predicted molar refractivity (Wildman–Crippen MR) is 62.7 cm³/mol. The van der Waals surface area contributed by atoms with Crippen LogP contribution in [0.4, 0.5) is 0 Å². The van der Waals surface area contributed by atoms with Gasteiger partial charge in [-0.05, 0) is 38.8 Å². The van der Waals surface area contributed by atoms with Gasteiger partial charge in [0.1, 0.15) is 0 Å². The summed E-state index contributed by atoms with van der Waals surface area (Å²) in [5, 5.41) is 3.32. The molecule has 0 aromatic heterocycles. The van der Waals surface area contributed by atoms with Crippen molar-refractivity contribution in [2.45, 2.75) is 26.2 Å². The van der Waals surface area contributed by atoms with Crippen LogP contribution in [0.5, 0.6) is 0 Å². The molecule has 1 aliphatic heterocycles. The molecule has 0 aliphatic carbocycles. The molecule has 0 aromatic carbocycles. The SMILES string of the molecule is C=CCN(CC)C(=O)CCC1CCNC1. The van der Waals surface area contributed by atoms with Gasteiger partial charge in [-0.3, -0.25) is 4.79 Å². The van der Waals surface area contributed by atoms with Gasteiger partial charge in [-0.1, -0.05) is 6.08 Å². The first-order valence-corrected chi connectivity index (χ1v) is 5.87. The van der Waals surface area contributed by atoms with Gasteiger partial charge in [0.25, 0.3) is 0 Å². The maximum Gasteiger partial charge on any atom is 0.222 e. The topological polar surface area (TPSA) is 32.3 Å². The molecule has 86 valence electrons. The Bertz CT molecular complexity index is 210. The van der Waals surface area contributed by atoms with Gasteiger partial charge in [-0.2, -0.15) is 0 Å². The van der Waals surface area contributed by atoms with Gasteiger partial charge >= 0.3 is 0 Å². The molecular formula is C12H22N2O. The molecule has 1 rings (SSSR count). The fourth-order valence-electron chi connectivity index (χ4n) is 2.01. The van der Waals surface area contributed by atoms with Crippen LogP contribution in [-0.4, -0.2) is 37.0 Å². The zero-order chi connectivity index (χ0) is 11.1. The Morgan fingerprint density at radius 3 is 3.00 bits per heavy atom. The van der Waals surface area contributed by atoms with E-state index in [1.807, 2.05) is 11.8 Å². The van der Waals surface area contributed by atoms with Crippen LogP contribution < -0.4 is 5.32 Å². The molecule has 3 heteroatoms. The van der Waals surface area contributed by atoms with Crippen molar-refractivity contribution in [3.8, 4) is 0 Å². The number of carbonyl (C=O) groups is 1. The van der Waals surface area contributed by atoms with Crippen LogP contribution in [0.3, 0.4) is 0 Å². The fraction of sp³-hybridized carbons (Fsp3) is 0.750. The van der Waals surface area contributed by atoms with Crippen LogP contribution in [0.25, 0.3) is 0 Å². The second-order valence-electron chi connectivity index (χ2n) is 4.12. The van der Waals surface area contributed by atoms with E-state index in [0.717, 1.165) is 26.1 Å². The van der Waals surface area contributed by atoms with E-state index in [9.17, 15) is 4.79 Å². The zero-order valence-electron chi connectivity index (χ0n) is 9.67. The largest absolute Gasteiger partial charge is 0.339 e. The van der Waals surface area contributed by atoms with Gasteiger partial charge in [-0.25, -0.2) is 0 Å². The highest BCUT2D eigenvalue weighted by Crippen LogP contribution is 2.15. The van der Waals surface area contributed by atoms with E-state index in [1.54, 1.807) is 6.08 Å². The smallest absolute Gasteiger partial charge is 0.222 e. The molecule has 1 amide bonds. The number of nitrogens with one attached hydrogen (secondary N) is 1. The first-order valence-electron chi connectivity index (χ1n) is 5.87. The van der Waals surface area contributed by atoms with Gasteiger partial charge in [0.15, 0.2) is 0 Å². The second kappa shape index (κ2) is 6.62. The predicted octanol–water partition coefficient (Wildman–Crippen LogP) is 1.41. The van der Waals surface area contributed by atoms with E-state index >= 15 is 0 Å². The average molecular weight is 210 g/mol. The van der Waals surface area contributed by atoms with Gasteiger partial charge in [0.05, 0.1) is 0 Å². The van der Waals surface area contributed by atoms with Crippen molar-refractivity contribution in [1.82, 2.24) is 10.2 Å². The minimum atomic E-state index is 0.268. The van der Waals surface area contributed by atoms with Crippen LogP contribution in [-0.2, 0) is 4.79 Å². The Balaban J connectivity index is 2.23. The number of hydrogen-bond donors (Lipinski definition) is 1. The number of nitrogens with zero attached hydrogens (tertiary/aromatic N) is 1. The summed E-state index contributed by atoms with van der Waals surface area (Å²) >= 11 is 0. The van der Waals surface area contributed by atoms with E-state index < -0.39 is 0 Å². The van der Waals surface area contributed by atoms with Gasteiger partial charge in [0.2, 0.25) is 5.91 Å². The van der Waals surface area contributed by atoms with Crippen LogP contribution >= 0.6 is 0 Å². The lowest BCUT2D eigenvalue weighted by atomic mass is 10.0. The summed E-state index contributed by atoms with van der Waals surface area (Å²) in [6.07, 6.45) is 4.73. The Labute approximate surface area is 92.5 Å². The van der Waals surface area contributed by atoms with E-state index in [-0.39, 0.29) is 5.91 Å². The monoisotopic (exact) mass is 210 g/mol. The van der Waals surface area contributed by atoms with E-state index in [4.69, 9.17) is 0 Å². The number of hydrogen-bond acceptors (Lipinski definition) is 2. The molecule has 1 heterocycles. The van der Waals surface area contributed by atoms with Gasteiger partial charge in [-0.15, -0.1) is 6.58 Å². The lowest BCUT2D eigenvalue weighted by Gasteiger charge is -2.19. The highest BCUT2D eigenvalue weighted by Gasteiger charge is 2.17. The number of likely N-dealkylation sites (N-methyl/N-ethyl adjacent to an activating group) is 1. The molecule has 0 aromatic rings.